The van der Waals surface area contributed by atoms with Gasteiger partial charge in [0.05, 0.1) is 6.61 Å². The van der Waals surface area contributed by atoms with Gasteiger partial charge in [-0.1, -0.05) is 32.0 Å². The number of para-hydroxylation sites is 1. The standard InChI is InChI=1S/C14H17NO2/c1-14(2)11-5-3-4-6-12(11)15(8-10-17)13(14)7-9-16/h3-7,9,17H,8,10H2,1-2H3. The zero-order chi connectivity index (χ0) is 12.5. The number of aliphatic hydroxyl groups is 1. The van der Waals surface area contributed by atoms with Crippen LogP contribution in [0.5, 0.6) is 0 Å². The number of anilines is 1. The van der Waals surface area contributed by atoms with Crippen LogP contribution >= 0.6 is 0 Å². The van der Waals surface area contributed by atoms with Crippen LogP contribution in [0.3, 0.4) is 0 Å². The summed E-state index contributed by atoms with van der Waals surface area (Å²) >= 11 is 0. The Morgan fingerprint density at radius 1 is 1.35 bits per heavy atom. The van der Waals surface area contributed by atoms with E-state index in [1.165, 1.54) is 5.56 Å². The Kier molecular flexibility index (Phi) is 3.03. The van der Waals surface area contributed by atoms with E-state index in [2.05, 4.69) is 19.9 Å². The van der Waals surface area contributed by atoms with Crippen LogP contribution < -0.4 is 4.90 Å². The quantitative estimate of drug-likeness (QED) is 0.637. The Morgan fingerprint density at radius 3 is 2.71 bits per heavy atom. The van der Waals surface area contributed by atoms with E-state index in [0.29, 0.717) is 6.54 Å². The first-order valence-electron chi connectivity index (χ1n) is 5.76. The average Bonchev–Trinajstić information content (AvgIpc) is 2.52. The van der Waals surface area contributed by atoms with Gasteiger partial charge in [-0.05, 0) is 17.7 Å². The molecule has 0 atom stereocenters. The van der Waals surface area contributed by atoms with E-state index in [1.54, 1.807) is 6.08 Å². The summed E-state index contributed by atoms with van der Waals surface area (Å²) in [5, 5.41) is 9.15. The number of benzene rings is 1. The van der Waals surface area contributed by atoms with Crippen molar-refractivity contribution >= 4 is 12.0 Å². The number of allylic oxidation sites excluding steroid dienone is 2. The molecule has 1 heterocycles. The van der Waals surface area contributed by atoms with Crippen molar-refractivity contribution in [1.29, 1.82) is 0 Å². The Morgan fingerprint density at radius 2 is 2.06 bits per heavy atom. The van der Waals surface area contributed by atoms with Crippen molar-refractivity contribution in [1.82, 2.24) is 0 Å². The van der Waals surface area contributed by atoms with Gasteiger partial charge < -0.3 is 10.0 Å². The van der Waals surface area contributed by atoms with Crippen molar-refractivity contribution in [3.8, 4) is 0 Å². The summed E-state index contributed by atoms with van der Waals surface area (Å²) in [7, 11) is 0. The minimum atomic E-state index is -0.188. The predicted octanol–water partition coefficient (Wildman–Crippen LogP) is 1.86. The lowest BCUT2D eigenvalue weighted by atomic mass is 9.84. The van der Waals surface area contributed by atoms with E-state index >= 15 is 0 Å². The summed E-state index contributed by atoms with van der Waals surface area (Å²) in [5.74, 6) is 0. The second-order valence-electron chi connectivity index (χ2n) is 4.71. The first kappa shape index (κ1) is 11.9. The van der Waals surface area contributed by atoms with Gasteiger partial charge in [0.25, 0.3) is 0 Å². The number of aldehydes is 1. The molecule has 0 fully saturated rings. The fourth-order valence-electron chi connectivity index (χ4n) is 2.55. The third-order valence-corrected chi connectivity index (χ3v) is 3.35. The number of carbonyl (C=O) groups is 1. The smallest absolute Gasteiger partial charge is 0.144 e. The zero-order valence-corrected chi connectivity index (χ0v) is 10.2. The van der Waals surface area contributed by atoms with E-state index in [1.807, 2.05) is 23.1 Å². The van der Waals surface area contributed by atoms with E-state index in [-0.39, 0.29) is 12.0 Å². The molecule has 3 nitrogen and oxygen atoms in total. The van der Waals surface area contributed by atoms with Gasteiger partial charge >= 0.3 is 0 Å². The van der Waals surface area contributed by atoms with Crippen LogP contribution in [-0.2, 0) is 10.2 Å². The number of hydrogen-bond acceptors (Lipinski definition) is 3. The molecule has 0 saturated heterocycles. The SMILES string of the molecule is CC1(C)C(=CC=O)N(CCO)c2ccccc21. The molecule has 2 rings (SSSR count). The molecule has 1 aliphatic heterocycles. The normalized spacial score (nSPS) is 19.5. The van der Waals surface area contributed by atoms with Crippen molar-refractivity contribution in [3.05, 3.63) is 41.6 Å². The molecule has 1 aromatic carbocycles. The van der Waals surface area contributed by atoms with Gasteiger partial charge in [-0.2, -0.15) is 0 Å². The summed E-state index contributed by atoms with van der Waals surface area (Å²) in [4.78, 5) is 12.8. The number of aliphatic hydroxyl groups excluding tert-OH is 1. The number of β-amino-alcohol motifs (C(OH)–C–C–N with tert-alkyl or cyclic N) is 1. The summed E-state index contributed by atoms with van der Waals surface area (Å²) in [6.45, 7) is 4.78. The molecule has 0 aliphatic carbocycles. The molecule has 0 radical (unpaired) electrons. The molecule has 0 bridgehead atoms. The van der Waals surface area contributed by atoms with Crippen LogP contribution in [0, 0.1) is 0 Å². The first-order valence-corrected chi connectivity index (χ1v) is 5.76. The second-order valence-corrected chi connectivity index (χ2v) is 4.71. The van der Waals surface area contributed by atoms with Gasteiger partial charge in [-0.15, -0.1) is 0 Å². The van der Waals surface area contributed by atoms with Gasteiger partial charge in [0.1, 0.15) is 6.29 Å². The van der Waals surface area contributed by atoms with Crippen molar-refractivity contribution in [2.24, 2.45) is 0 Å². The summed E-state index contributed by atoms with van der Waals surface area (Å²) < 4.78 is 0. The Hall–Kier alpha value is -1.61. The van der Waals surface area contributed by atoms with Crippen LogP contribution in [0.25, 0.3) is 0 Å². The molecule has 90 valence electrons. The third kappa shape index (κ3) is 1.76. The molecule has 1 aromatic rings. The molecule has 0 amide bonds. The second kappa shape index (κ2) is 4.34. The fourth-order valence-corrected chi connectivity index (χ4v) is 2.55. The van der Waals surface area contributed by atoms with Crippen molar-refractivity contribution < 1.29 is 9.90 Å². The van der Waals surface area contributed by atoms with Crippen LogP contribution in [0.1, 0.15) is 19.4 Å². The van der Waals surface area contributed by atoms with Gasteiger partial charge in [0.2, 0.25) is 0 Å². The van der Waals surface area contributed by atoms with Gasteiger partial charge in [0, 0.05) is 23.3 Å². The van der Waals surface area contributed by atoms with E-state index in [4.69, 9.17) is 5.11 Å². The Bertz CT molecular complexity index is 463. The highest BCUT2D eigenvalue weighted by molar-refractivity contribution is 5.76. The minimum absolute atomic E-state index is 0.0701. The summed E-state index contributed by atoms with van der Waals surface area (Å²) in [6.07, 6.45) is 2.41. The molecule has 0 spiro atoms. The van der Waals surface area contributed by atoms with Crippen LogP contribution in [0.4, 0.5) is 5.69 Å². The molecule has 0 saturated carbocycles. The lowest BCUT2D eigenvalue weighted by Gasteiger charge is -2.25. The zero-order valence-electron chi connectivity index (χ0n) is 10.2. The van der Waals surface area contributed by atoms with Crippen LogP contribution in [0.15, 0.2) is 36.0 Å². The van der Waals surface area contributed by atoms with Gasteiger partial charge in [-0.3, -0.25) is 4.79 Å². The topological polar surface area (TPSA) is 40.5 Å². The number of nitrogens with zero attached hydrogens (tertiary/aromatic N) is 1. The van der Waals surface area contributed by atoms with Crippen molar-refractivity contribution in [3.63, 3.8) is 0 Å². The Balaban J connectivity index is 2.58. The summed E-state index contributed by atoms with van der Waals surface area (Å²) in [6, 6.07) is 8.08. The molecule has 17 heavy (non-hydrogen) atoms. The van der Waals surface area contributed by atoms with Crippen LogP contribution in [-0.4, -0.2) is 24.5 Å². The minimum Gasteiger partial charge on any atom is -0.395 e. The molecule has 3 heteroatoms. The highest BCUT2D eigenvalue weighted by Crippen LogP contribution is 2.46. The molecule has 0 aromatic heterocycles. The van der Waals surface area contributed by atoms with Gasteiger partial charge in [0.15, 0.2) is 0 Å². The predicted molar refractivity (Wildman–Crippen MR) is 68.0 cm³/mol. The van der Waals surface area contributed by atoms with Crippen molar-refractivity contribution in [2.75, 3.05) is 18.1 Å². The van der Waals surface area contributed by atoms with Crippen molar-refractivity contribution in [2.45, 2.75) is 19.3 Å². The van der Waals surface area contributed by atoms with Gasteiger partial charge in [-0.25, -0.2) is 0 Å². The number of fused-ring (bicyclic) bond motifs is 1. The molecule has 1 aliphatic rings. The number of hydrogen-bond donors (Lipinski definition) is 1. The maximum absolute atomic E-state index is 10.8. The Labute approximate surface area is 101 Å². The first-order chi connectivity index (χ1) is 8.12. The monoisotopic (exact) mass is 231 g/mol. The van der Waals surface area contributed by atoms with E-state index in [9.17, 15) is 4.79 Å². The highest BCUT2D eigenvalue weighted by Gasteiger charge is 2.39. The molecular formula is C14H17NO2. The van der Waals surface area contributed by atoms with E-state index in [0.717, 1.165) is 17.7 Å². The average molecular weight is 231 g/mol. The molecular weight excluding hydrogens is 214 g/mol. The number of rotatable bonds is 3. The maximum atomic E-state index is 10.8. The van der Waals surface area contributed by atoms with E-state index < -0.39 is 0 Å². The largest absolute Gasteiger partial charge is 0.395 e. The summed E-state index contributed by atoms with van der Waals surface area (Å²) in [5.41, 5.74) is 3.04. The lowest BCUT2D eigenvalue weighted by molar-refractivity contribution is -0.104. The molecule has 0 unspecified atom stereocenters. The lowest BCUT2D eigenvalue weighted by Crippen LogP contribution is -2.28. The third-order valence-electron chi connectivity index (χ3n) is 3.35. The highest BCUT2D eigenvalue weighted by atomic mass is 16.3. The van der Waals surface area contributed by atoms with Crippen LogP contribution in [0.2, 0.25) is 0 Å². The maximum Gasteiger partial charge on any atom is 0.144 e. The molecule has 1 N–H and O–H groups in total. The number of carbonyl (C=O) groups excluding carboxylic acids is 1. The fraction of sp³-hybridized carbons (Fsp3) is 0.357.